The van der Waals surface area contributed by atoms with Crippen molar-refractivity contribution in [3.8, 4) is 0 Å². The lowest BCUT2D eigenvalue weighted by Crippen LogP contribution is -2.44. The van der Waals surface area contributed by atoms with Gasteiger partial charge < -0.3 is 9.64 Å². The fourth-order valence-corrected chi connectivity index (χ4v) is 4.56. The van der Waals surface area contributed by atoms with Crippen LogP contribution in [0.5, 0.6) is 0 Å². The molecule has 1 aliphatic heterocycles. The molecular weight excluding hydrogens is 358 g/mol. The van der Waals surface area contributed by atoms with Crippen LogP contribution in [-0.2, 0) is 14.8 Å². The van der Waals surface area contributed by atoms with Crippen LogP contribution in [0.4, 0.5) is 5.69 Å². The summed E-state index contributed by atoms with van der Waals surface area (Å²) in [5, 5.41) is 10.8. The Hall–Kier alpha value is -2.00. The van der Waals surface area contributed by atoms with Crippen molar-refractivity contribution in [3.63, 3.8) is 0 Å². The Kier molecular flexibility index (Phi) is 5.87. The van der Waals surface area contributed by atoms with Gasteiger partial charge in [0.25, 0.3) is 15.7 Å². The highest BCUT2D eigenvalue weighted by molar-refractivity contribution is 7.90. The first kappa shape index (κ1) is 18.8. The van der Waals surface area contributed by atoms with Gasteiger partial charge in [0, 0.05) is 31.1 Å². The van der Waals surface area contributed by atoms with Gasteiger partial charge in [-0.05, 0) is 25.0 Å². The average Bonchev–Trinajstić information content (AvgIpc) is 2.67. The van der Waals surface area contributed by atoms with Gasteiger partial charge in [-0.15, -0.1) is 4.40 Å². The van der Waals surface area contributed by atoms with Gasteiger partial charge in [0.05, 0.1) is 23.0 Å². The first-order valence-corrected chi connectivity index (χ1v) is 10.3. The number of amidine groups is 1. The van der Waals surface area contributed by atoms with E-state index in [2.05, 4.69) is 4.40 Å². The van der Waals surface area contributed by atoms with Crippen LogP contribution in [0.25, 0.3) is 0 Å². The van der Waals surface area contributed by atoms with Crippen LogP contribution in [0.15, 0.2) is 33.6 Å². The Morgan fingerprint density at radius 2 is 1.73 bits per heavy atom. The van der Waals surface area contributed by atoms with Crippen LogP contribution in [0.2, 0.25) is 0 Å². The molecule has 0 aromatic heterocycles. The quantitative estimate of drug-likeness (QED) is 0.344. The van der Waals surface area contributed by atoms with Crippen molar-refractivity contribution in [2.75, 3.05) is 26.3 Å². The molecule has 3 rings (SSSR count). The smallest absolute Gasteiger partial charge is 0.283 e. The minimum atomic E-state index is -3.92. The number of benzene rings is 1. The van der Waals surface area contributed by atoms with Gasteiger partial charge in [-0.3, -0.25) is 10.1 Å². The fourth-order valence-electron chi connectivity index (χ4n) is 3.46. The predicted octanol–water partition coefficient (Wildman–Crippen LogP) is 2.59. The number of hydrogen-bond acceptors (Lipinski definition) is 5. The van der Waals surface area contributed by atoms with Gasteiger partial charge in [-0.1, -0.05) is 19.3 Å². The Morgan fingerprint density at radius 1 is 1.12 bits per heavy atom. The molecule has 9 heteroatoms. The maximum Gasteiger partial charge on any atom is 0.283 e. The Bertz CT molecular complexity index is 744. The van der Waals surface area contributed by atoms with Crippen molar-refractivity contribution in [1.29, 1.82) is 0 Å². The zero-order valence-electron chi connectivity index (χ0n) is 14.5. The molecule has 8 nitrogen and oxygen atoms in total. The van der Waals surface area contributed by atoms with Crippen LogP contribution < -0.4 is 0 Å². The van der Waals surface area contributed by atoms with E-state index in [1.165, 1.54) is 30.7 Å². The lowest BCUT2D eigenvalue weighted by Gasteiger charge is -2.35. The summed E-state index contributed by atoms with van der Waals surface area (Å²) in [6.07, 6.45) is 5.19. The van der Waals surface area contributed by atoms with Crippen molar-refractivity contribution in [1.82, 2.24) is 4.90 Å². The molecule has 0 unspecified atom stereocenters. The molecular formula is C17H23N3O5S. The molecule has 142 valence electrons. The molecule has 0 radical (unpaired) electrons. The Labute approximate surface area is 153 Å². The summed E-state index contributed by atoms with van der Waals surface area (Å²) < 4.78 is 35.2. The standard InChI is InChI=1S/C17H23N3O5S/c21-20(22)15-6-8-16(9-7-15)26(23,24)18-17(14-4-2-1-3-5-14)19-10-12-25-13-11-19/h6-9,14H,1-5,10-13H2/b18-17-. The van der Waals surface area contributed by atoms with E-state index >= 15 is 0 Å². The number of nitro benzene ring substituents is 1. The topological polar surface area (TPSA) is 102 Å². The number of non-ortho nitro benzene ring substituents is 1. The van der Waals surface area contributed by atoms with Gasteiger partial charge in [0.1, 0.15) is 5.84 Å². The Morgan fingerprint density at radius 3 is 2.31 bits per heavy atom. The molecule has 26 heavy (non-hydrogen) atoms. The molecule has 1 saturated carbocycles. The van der Waals surface area contributed by atoms with Crippen molar-refractivity contribution < 1.29 is 18.1 Å². The van der Waals surface area contributed by atoms with Crippen molar-refractivity contribution in [2.24, 2.45) is 10.3 Å². The maximum atomic E-state index is 12.8. The van der Waals surface area contributed by atoms with E-state index in [-0.39, 0.29) is 16.5 Å². The summed E-state index contributed by atoms with van der Waals surface area (Å²) in [5.74, 6) is 0.751. The third-order valence-corrected chi connectivity index (χ3v) is 6.16. The predicted molar refractivity (Wildman–Crippen MR) is 96.7 cm³/mol. The Balaban J connectivity index is 1.92. The van der Waals surface area contributed by atoms with Gasteiger partial charge in [0.15, 0.2) is 0 Å². The summed E-state index contributed by atoms with van der Waals surface area (Å²) in [7, 11) is -3.92. The number of nitro groups is 1. The molecule has 1 aromatic carbocycles. The van der Waals surface area contributed by atoms with Gasteiger partial charge in [0.2, 0.25) is 0 Å². The lowest BCUT2D eigenvalue weighted by molar-refractivity contribution is -0.384. The molecule has 0 N–H and O–H groups in total. The molecule has 2 fully saturated rings. The third kappa shape index (κ3) is 4.39. The van der Waals surface area contributed by atoms with Gasteiger partial charge >= 0.3 is 0 Å². The normalized spacial score (nSPS) is 20.2. The number of morpholine rings is 1. The van der Waals surface area contributed by atoms with Gasteiger partial charge in [-0.2, -0.15) is 8.42 Å². The summed E-state index contributed by atoms with van der Waals surface area (Å²) in [6, 6.07) is 4.87. The largest absolute Gasteiger partial charge is 0.378 e. The zero-order chi connectivity index (χ0) is 18.6. The number of sulfonamides is 1. The number of ether oxygens (including phenoxy) is 1. The van der Waals surface area contributed by atoms with Gasteiger partial charge in [-0.25, -0.2) is 0 Å². The minimum Gasteiger partial charge on any atom is -0.378 e. The molecule has 1 aromatic rings. The van der Waals surface area contributed by atoms with Crippen LogP contribution in [-0.4, -0.2) is 50.4 Å². The van der Waals surface area contributed by atoms with Crippen molar-refractivity contribution in [3.05, 3.63) is 34.4 Å². The second kappa shape index (κ2) is 8.13. The first-order chi connectivity index (χ1) is 12.5. The first-order valence-electron chi connectivity index (χ1n) is 8.89. The lowest BCUT2D eigenvalue weighted by atomic mass is 9.88. The highest BCUT2D eigenvalue weighted by atomic mass is 32.2. The van der Waals surface area contributed by atoms with E-state index in [0.29, 0.717) is 32.1 Å². The average molecular weight is 381 g/mol. The number of hydrogen-bond donors (Lipinski definition) is 0. The molecule has 2 aliphatic rings. The maximum absolute atomic E-state index is 12.8. The molecule has 0 atom stereocenters. The van der Waals surface area contributed by atoms with Crippen LogP contribution in [0.1, 0.15) is 32.1 Å². The molecule has 1 saturated heterocycles. The van der Waals surface area contributed by atoms with Crippen LogP contribution in [0.3, 0.4) is 0 Å². The number of rotatable bonds is 4. The summed E-state index contributed by atoms with van der Waals surface area (Å²) in [6.45, 7) is 2.38. The number of nitrogens with zero attached hydrogens (tertiary/aromatic N) is 3. The SMILES string of the molecule is O=[N+]([O-])c1ccc(S(=O)(=O)/N=C(/C2CCCCC2)N2CCOCC2)cc1. The third-order valence-electron chi connectivity index (χ3n) is 4.86. The van der Waals surface area contributed by atoms with E-state index < -0.39 is 14.9 Å². The summed E-state index contributed by atoms with van der Waals surface area (Å²) >= 11 is 0. The van der Waals surface area contributed by atoms with E-state index in [4.69, 9.17) is 4.74 Å². The second-order valence-corrected chi connectivity index (χ2v) is 8.21. The highest BCUT2D eigenvalue weighted by Crippen LogP contribution is 2.28. The van der Waals surface area contributed by atoms with E-state index in [9.17, 15) is 18.5 Å². The fraction of sp³-hybridized carbons (Fsp3) is 0.588. The molecule has 1 aliphatic carbocycles. The van der Waals surface area contributed by atoms with E-state index in [1.54, 1.807) is 0 Å². The molecule has 1 heterocycles. The van der Waals surface area contributed by atoms with E-state index in [1.807, 2.05) is 4.90 Å². The molecule has 0 bridgehead atoms. The monoisotopic (exact) mass is 381 g/mol. The van der Waals surface area contributed by atoms with Crippen molar-refractivity contribution in [2.45, 2.75) is 37.0 Å². The second-order valence-electron chi connectivity index (χ2n) is 6.61. The van der Waals surface area contributed by atoms with Crippen LogP contribution in [0, 0.1) is 16.0 Å². The summed E-state index contributed by atoms with van der Waals surface area (Å²) in [4.78, 5) is 12.2. The molecule has 0 amide bonds. The van der Waals surface area contributed by atoms with E-state index in [0.717, 1.165) is 25.7 Å². The summed E-state index contributed by atoms with van der Waals surface area (Å²) in [5.41, 5.74) is -0.145. The molecule has 0 spiro atoms. The van der Waals surface area contributed by atoms with Crippen LogP contribution >= 0.6 is 0 Å². The zero-order valence-corrected chi connectivity index (χ0v) is 15.4. The minimum absolute atomic E-state index is 0.0235. The highest BCUT2D eigenvalue weighted by Gasteiger charge is 2.28. The van der Waals surface area contributed by atoms with Crippen molar-refractivity contribution >= 4 is 21.5 Å².